The molecule has 0 bridgehead atoms. The van der Waals surface area contributed by atoms with Crippen molar-refractivity contribution < 1.29 is 9.53 Å². The van der Waals surface area contributed by atoms with Crippen LogP contribution in [-0.4, -0.2) is 10.9 Å². The van der Waals surface area contributed by atoms with Crippen molar-refractivity contribution in [3.63, 3.8) is 0 Å². The first-order chi connectivity index (χ1) is 8.15. The summed E-state index contributed by atoms with van der Waals surface area (Å²) in [4.78, 5) is 14.9. The molecule has 0 saturated carbocycles. The fraction of sp³-hybridized carbons (Fsp3) is 0. The predicted molar refractivity (Wildman–Crippen MR) is 63.7 cm³/mol. The van der Waals surface area contributed by atoms with E-state index in [1.165, 1.54) is 6.20 Å². The number of nitrogen functional groups attached to an aromatic ring is 1. The quantitative estimate of drug-likeness (QED) is 0.835. The van der Waals surface area contributed by atoms with Crippen LogP contribution in [0.1, 0.15) is 10.4 Å². The molecule has 0 fully saturated rings. The van der Waals surface area contributed by atoms with Crippen LogP contribution < -0.4 is 16.2 Å². The predicted octanol–water partition coefficient (Wildman–Crippen LogP) is 1.55. The van der Waals surface area contributed by atoms with E-state index in [-0.39, 0.29) is 0 Å². The number of carbonyl (C=O) groups excluding carboxylic acids is 1. The lowest BCUT2D eigenvalue weighted by Crippen LogP contribution is -2.10. The lowest BCUT2D eigenvalue weighted by Gasteiger charge is -2.06. The van der Waals surface area contributed by atoms with Crippen LogP contribution in [0.25, 0.3) is 0 Å². The number of ether oxygens (including phenoxy) is 1. The van der Waals surface area contributed by atoms with Crippen molar-refractivity contribution in [1.82, 2.24) is 4.98 Å². The Bertz CT molecular complexity index is 538. The first-order valence-electron chi connectivity index (χ1n) is 4.94. The van der Waals surface area contributed by atoms with E-state index in [1.54, 1.807) is 36.4 Å². The highest BCUT2D eigenvalue weighted by Crippen LogP contribution is 2.21. The SMILES string of the molecule is NC(=O)c1cccc(Oc2ccc(N)nc2)c1. The Kier molecular flexibility index (Phi) is 2.91. The summed E-state index contributed by atoms with van der Waals surface area (Å²) < 4.78 is 5.50. The lowest BCUT2D eigenvalue weighted by molar-refractivity contribution is 0.1000. The molecular formula is C12H11N3O2. The number of hydrogen-bond donors (Lipinski definition) is 2. The molecule has 1 amide bonds. The van der Waals surface area contributed by atoms with Gasteiger partial charge >= 0.3 is 0 Å². The molecule has 2 rings (SSSR count). The topological polar surface area (TPSA) is 91.2 Å². The zero-order chi connectivity index (χ0) is 12.3. The zero-order valence-corrected chi connectivity index (χ0v) is 8.96. The van der Waals surface area contributed by atoms with Gasteiger partial charge in [0.1, 0.15) is 17.3 Å². The number of carbonyl (C=O) groups is 1. The number of anilines is 1. The largest absolute Gasteiger partial charge is 0.456 e. The smallest absolute Gasteiger partial charge is 0.248 e. The highest BCUT2D eigenvalue weighted by Gasteiger charge is 2.03. The second kappa shape index (κ2) is 4.52. The number of rotatable bonds is 3. The Labute approximate surface area is 98.0 Å². The van der Waals surface area contributed by atoms with Gasteiger partial charge in [-0.25, -0.2) is 4.98 Å². The monoisotopic (exact) mass is 229 g/mol. The fourth-order valence-electron chi connectivity index (χ4n) is 1.30. The van der Waals surface area contributed by atoms with E-state index in [2.05, 4.69) is 4.98 Å². The normalized spacial score (nSPS) is 9.88. The third-order valence-electron chi connectivity index (χ3n) is 2.11. The van der Waals surface area contributed by atoms with Crippen LogP contribution in [0, 0.1) is 0 Å². The van der Waals surface area contributed by atoms with Crippen molar-refractivity contribution in [2.45, 2.75) is 0 Å². The van der Waals surface area contributed by atoms with Gasteiger partial charge in [-0.1, -0.05) is 6.07 Å². The maximum absolute atomic E-state index is 11.0. The summed E-state index contributed by atoms with van der Waals surface area (Å²) >= 11 is 0. The van der Waals surface area contributed by atoms with Crippen molar-refractivity contribution in [2.75, 3.05) is 5.73 Å². The number of amides is 1. The molecule has 0 unspecified atom stereocenters. The first-order valence-corrected chi connectivity index (χ1v) is 4.94. The van der Waals surface area contributed by atoms with Crippen LogP contribution in [-0.2, 0) is 0 Å². The number of nitrogens with zero attached hydrogens (tertiary/aromatic N) is 1. The molecule has 1 heterocycles. The van der Waals surface area contributed by atoms with Gasteiger partial charge in [-0.3, -0.25) is 4.79 Å². The summed E-state index contributed by atoms with van der Waals surface area (Å²) in [5.74, 6) is 0.989. The molecule has 1 aromatic carbocycles. The maximum atomic E-state index is 11.0. The molecule has 0 atom stereocenters. The summed E-state index contributed by atoms with van der Waals surface area (Å²) in [6, 6.07) is 9.94. The molecule has 17 heavy (non-hydrogen) atoms. The summed E-state index contributed by atoms with van der Waals surface area (Å²) in [6.07, 6.45) is 1.51. The summed E-state index contributed by atoms with van der Waals surface area (Å²) in [7, 11) is 0. The van der Waals surface area contributed by atoms with Crippen LogP contribution in [0.4, 0.5) is 5.82 Å². The molecule has 0 saturated heterocycles. The van der Waals surface area contributed by atoms with Gasteiger partial charge in [0.2, 0.25) is 5.91 Å². The maximum Gasteiger partial charge on any atom is 0.248 e. The first kappa shape index (κ1) is 10.9. The molecule has 0 aliphatic carbocycles. The molecule has 86 valence electrons. The Balaban J connectivity index is 2.21. The molecule has 0 spiro atoms. The van der Waals surface area contributed by atoms with Gasteiger partial charge in [-0.05, 0) is 30.3 Å². The van der Waals surface area contributed by atoms with E-state index < -0.39 is 5.91 Å². The Morgan fingerprint density at radius 2 is 2.00 bits per heavy atom. The van der Waals surface area contributed by atoms with Gasteiger partial charge in [0.05, 0.1) is 6.20 Å². The average Bonchev–Trinajstić information content (AvgIpc) is 2.32. The minimum absolute atomic E-state index is 0.394. The molecule has 5 nitrogen and oxygen atoms in total. The van der Waals surface area contributed by atoms with Crippen molar-refractivity contribution in [3.8, 4) is 11.5 Å². The molecule has 1 aromatic heterocycles. The Hall–Kier alpha value is -2.56. The van der Waals surface area contributed by atoms with Crippen LogP contribution >= 0.6 is 0 Å². The zero-order valence-electron chi connectivity index (χ0n) is 8.96. The third-order valence-corrected chi connectivity index (χ3v) is 2.11. The van der Waals surface area contributed by atoms with E-state index >= 15 is 0 Å². The average molecular weight is 229 g/mol. The van der Waals surface area contributed by atoms with Gasteiger partial charge in [0.15, 0.2) is 0 Å². The number of hydrogen-bond acceptors (Lipinski definition) is 4. The fourth-order valence-corrected chi connectivity index (χ4v) is 1.30. The highest BCUT2D eigenvalue weighted by molar-refractivity contribution is 5.93. The van der Waals surface area contributed by atoms with Crippen molar-refractivity contribution in [2.24, 2.45) is 5.73 Å². The van der Waals surface area contributed by atoms with Crippen molar-refractivity contribution in [3.05, 3.63) is 48.2 Å². The van der Waals surface area contributed by atoms with E-state index in [0.717, 1.165) is 0 Å². The third kappa shape index (κ3) is 2.72. The molecule has 0 aliphatic rings. The molecular weight excluding hydrogens is 218 g/mol. The van der Waals surface area contributed by atoms with Crippen LogP contribution in [0.3, 0.4) is 0 Å². The van der Waals surface area contributed by atoms with Crippen molar-refractivity contribution >= 4 is 11.7 Å². The van der Waals surface area contributed by atoms with Crippen LogP contribution in [0.15, 0.2) is 42.6 Å². The van der Waals surface area contributed by atoms with Gasteiger partial charge < -0.3 is 16.2 Å². The highest BCUT2D eigenvalue weighted by atomic mass is 16.5. The number of benzene rings is 1. The van der Waals surface area contributed by atoms with E-state index in [1.807, 2.05) is 0 Å². The number of primary amides is 1. The van der Waals surface area contributed by atoms with Crippen LogP contribution in [0.2, 0.25) is 0 Å². The minimum Gasteiger partial charge on any atom is -0.456 e. The summed E-state index contributed by atoms with van der Waals surface area (Å²) in [5, 5.41) is 0. The summed E-state index contributed by atoms with van der Waals surface area (Å²) in [6.45, 7) is 0. The molecule has 0 radical (unpaired) electrons. The van der Waals surface area contributed by atoms with Gasteiger partial charge in [-0.15, -0.1) is 0 Å². The van der Waals surface area contributed by atoms with E-state index in [0.29, 0.717) is 22.9 Å². The van der Waals surface area contributed by atoms with Gasteiger partial charge in [-0.2, -0.15) is 0 Å². The second-order valence-corrected chi connectivity index (χ2v) is 3.41. The van der Waals surface area contributed by atoms with Gasteiger partial charge in [0.25, 0.3) is 0 Å². The van der Waals surface area contributed by atoms with E-state index in [4.69, 9.17) is 16.2 Å². The Morgan fingerprint density at radius 3 is 2.65 bits per heavy atom. The second-order valence-electron chi connectivity index (χ2n) is 3.41. The number of aromatic nitrogens is 1. The van der Waals surface area contributed by atoms with Crippen molar-refractivity contribution in [1.29, 1.82) is 0 Å². The van der Waals surface area contributed by atoms with E-state index in [9.17, 15) is 4.79 Å². The molecule has 5 heteroatoms. The van der Waals surface area contributed by atoms with Crippen LogP contribution in [0.5, 0.6) is 11.5 Å². The Morgan fingerprint density at radius 1 is 1.18 bits per heavy atom. The number of nitrogens with two attached hydrogens (primary N) is 2. The summed E-state index contributed by atoms with van der Waals surface area (Å²) in [5.41, 5.74) is 11.0. The minimum atomic E-state index is -0.495. The van der Waals surface area contributed by atoms with Gasteiger partial charge in [0, 0.05) is 5.56 Å². The molecule has 0 aliphatic heterocycles. The standard InChI is InChI=1S/C12H11N3O2/c13-11-5-4-10(7-15-11)17-9-3-1-2-8(6-9)12(14)16/h1-7H,(H2,13,15)(H2,14,16). The number of pyridine rings is 1. The molecule has 2 aromatic rings. The molecule has 4 N–H and O–H groups in total. The lowest BCUT2D eigenvalue weighted by atomic mass is 10.2.